The molecule has 1 saturated carbocycles. The predicted molar refractivity (Wildman–Crippen MR) is 82.0 cm³/mol. The van der Waals surface area contributed by atoms with Gasteiger partial charge in [-0.05, 0) is 37.5 Å². The molecule has 1 aliphatic rings. The number of hydrogen-bond acceptors (Lipinski definition) is 3. The maximum atomic E-state index is 12.3. The van der Waals surface area contributed by atoms with Crippen LogP contribution in [0.5, 0.6) is 0 Å². The molecule has 0 bridgehead atoms. The van der Waals surface area contributed by atoms with Gasteiger partial charge >= 0.3 is 0 Å². The van der Waals surface area contributed by atoms with Crippen LogP contribution in [0.3, 0.4) is 0 Å². The first-order chi connectivity index (χ1) is 9.41. The number of halogens is 1. The number of rotatable bonds is 4. The molecule has 0 aromatic heterocycles. The maximum Gasteiger partial charge on any atom is 0.244 e. The van der Waals surface area contributed by atoms with Crippen molar-refractivity contribution in [3.05, 3.63) is 34.3 Å². The van der Waals surface area contributed by atoms with Crippen LogP contribution in [0, 0.1) is 5.92 Å². The molecule has 1 aliphatic carbocycles. The van der Waals surface area contributed by atoms with Crippen LogP contribution in [0.2, 0.25) is 0 Å². The number of nitrogens with two attached hydrogens (primary N) is 1. The highest BCUT2D eigenvalue weighted by Crippen LogP contribution is 2.25. The Morgan fingerprint density at radius 2 is 2.10 bits per heavy atom. The Bertz CT molecular complexity index is 473. The van der Waals surface area contributed by atoms with Crippen molar-refractivity contribution < 1.29 is 9.90 Å². The number of benzene rings is 1. The van der Waals surface area contributed by atoms with Crippen LogP contribution < -0.4 is 11.1 Å². The third kappa shape index (κ3) is 3.40. The smallest absolute Gasteiger partial charge is 0.244 e. The number of amides is 1. The summed E-state index contributed by atoms with van der Waals surface area (Å²) in [5.74, 6) is -0.0569. The fourth-order valence-electron chi connectivity index (χ4n) is 2.59. The van der Waals surface area contributed by atoms with Crippen LogP contribution in [0.25, 0.3) is 0 Å². The van der Waals surface area contributed by atoms with E-state index in [0.29, 0.717) is 6.54 Å². The molecule has 20 heavy (non-hydrogen) atoms. The minimum Gasteiger partial charge on any atom is -0.393 e. The highest BCUT2D eigenvalue weighted by atomic mass is 79.9. The van der Waals surface area contributed by atoms with Gasteiger partial charge in [0.05, 0.1) is 6.10 Å². The molecule has 3 unspecified atom stereocenters. The van der Waals surface area contributed by atoms with Crippen molar-refractivity contribution in [2.24, 2.45) is 11.7 Å². The second-order valence-electron chi connectivity index (χ2n) is 5.68. The van der Waals surface area contributed by atoms with Crippen molar-refractivity contribution in [3.63, 3.8) is 0 Å². The van der Waals surface area contributed by atoms with Crippen LogP contribution in [0.15, 0.2) is 28.7 Å². The van der Waals surface area contributed by atoms with Gasteiger partial charge in [-0.2, -0.15) is 0 Å². The van der Waals surface area contributed by atoms with E-state index in [1.165, 1.54) is 0 Å². The highest BCUT2D eigenvalue weighted by molar-refractivity contribution is 9.10. The number of carbonyl (C=O) groups is 1. The predicted octanol–water partition coefficient (Wildman–Crippen LogP) is 1.90. The number of hydrogen-bond donors (Lipinski definition) is 3. The SMILES string of the molecule is CC(N)(C(=O)NCC1CCCC1O)c1ccc(Br)cc1. The van der Waals surface area contributed by atoms with E-state index in [1.807, 2.05) is 24.3 Å². The first kappa shape index (κ1) is 15.5. The van der Waals surface area contributed by atoms with Crippen molar-refractivity contribution in [1.29, 1.82) is 0 Å². The molecule has 3 atom stereocenters. The summed E-state index contributed by atoms with van der Waals surface area (Å²) in [6.07, 6.45) is 2.51. The zero-order chi connectivity index (χ0) is 14.8. The molecule has 0 spiro atoms. The molecular weight excluding hydrogens is 320 g/mol. The summed E-state index contributed by atoms with van der Waals surface area (Å²) in [4.78, 5) is 12.3. The van der Waals surface area contributed by atoms with Gasteiger partial charge < -0.3 is 16.2 Å². The van der Waals surface area contributed by atoms with E-state index in [1.54, 1.807) is 6.92 Å². The zero-order valence-electron chi connectivity index (χ0n) is 11.6. The van der Waals surface area contributed by atoms with E-state index in [2.05, 4.69) is 21.2 Å². The number of carbonyl (C=O) groups excluding carboxylic acids is 1. The fourth-order valence-corrected chi connectivity index (χ4v) is 2.85. The van der Waals surface area contributed by atoms with E-state index in [-0.39, 0.29) is 17.9 Å². The molecular formula is C15H21BrN2O2. The second kappa shape index (κ2) is 6.24. The lowest BCUT2D eigenvalue weighted by Crippen LogP contribution is -2.50. The summed E-state index contributed by atoms with van der Waals surface area (Å²) in [6.45, 7) is 2.19. The molecule has 1 aromatic rings. The first-order valence-electron chi connectivity index (χ1n) is 6.92. The van der Waals surface area contributed by atoms with Crippen LogP contribution in [-0.4, -0.2) is 23.7 Å². The Morgan fingerprint density at radius 1 is 1.45 bits per heavy atom. The number of aliphatic hydroxyl groups excluding tert-OH is 1. The van der Waals surface area contributed by atoms with Gasteiger partial charge in [0.2, 0.25) is 5.91 Å². The monoisotopic (exact) mass is 340 g/mol. The lowest BCUT2D eigenvalue weighted by Gasteiger charge is -2.25. The lowest BCUT2D eigenvalue weighted by atomic mass is 9.92. The molecule has 4 N–H and O–H groups in total. The standard InChI is InChI=1S/C15H21BrN2O2/c1-15(17,11-5-7-12(16)8-6-11)14(20)18-9-10-3-2-4-13(10)19/h5-8,10,13,19H,2-4,9,17H2,1H3,(H,18,20). The van der Waals surface area contributed by atoms with E-state index < -0.39 is 5.54 Å². The van der Waals surface area contributed by atoms with Crippen molar-refractivity contribution in [1.82, 2.24) is 5.32 Å². The third-order valence-electron chi connectivity index (χ3n) is 4.06. The summed E-state index contributed by atoms with van der Waals surface area (Å²) in [5.41, 5.74) is 5.86. The number of nitrogens with one attached hydrogen (secondary N) is 1. The highest BCUT2D eigenvalue weighted by Gasteiger charge is 2.32. The van der Waals surface area contributed by atoms with Crippen LogP contribution in [-0.2, 0) is 10.3 Å². The largest absolute Gasteiger partial charge is 0.393 e. The Hall–Kier alpha value is -0.910. The average Bonchev–Trinajstić information content (AvgIpc) is 2.82. The van der Waals surface area contributed by atoms with Crippen LogP contribution >= 0.6 is 15.9 Å². The Morgan fingerprint density at radius 3 is 2.65 bits per heavy atom. The van der Waals surface area contributed by atoms with E-state index in [9.17, 15) is 9.90 Å². The van der Waals surface area contributed by atoms with Crippen molar-refractivity contribution >= 4 is 21.8 Å². The van der Waals surface area contributed by atoms with Crippen molar-refractivity contribution in [2.75, 3.05) is 6.54 Å². The molecule has 0 heterocycles. The second-order valence-corrected chi connectivity index (χ2v) is 6.59. The fraction of sp³-hybridized carbons (Fsp3) is 0.533. The molecule has 1 aromatic carbocycles. The topological polar surface area (TPSA) is 75.4 Å². The minimum atomic E-state index is -1.07. The normalized spacial score (nSPS) is 25.2. The molecule has 4 nitrogen and oxygen atoms in total. The summed E-state index contributed by atoms with van der Waals surface area (Å²) in [5, 5.41) is 12.6. The third-order valence-corrected chi connectivity index (χ3v) is 4.59. The van der Waals surface area contributed by atoms with Crippen molar-refractivity contribution in [3.8, 4) is 0 Å². The molecule has 5 heteroatoms. The van der Waals surface area contributed by atoms with E-state index in [0.717, 1.165) is 29.3 Å². The molecule has 0 aliphatic heterocycles. The van der Waals surface area contributed by atoms with Gasteiger partial charge in [-0.3, -0.25) is 4.79 Å². The zero-order valence-corrected chi connectivity index (χ0v) is 13.2. The average molecular weight is 341 g/mol. The molecule has 0 saturated heterocycles. The molecule has 1 fully saturated rings. The quantitative estimate of drug-likeness (QED) is 0.783. The Labute approximate surface area is 127 Å². The number of aliphatic hydroxyl groups is 1. The molecule has 110 valence electrons. The summed E-state index contributed by atoms with van der Waals surface area (Å²) < 4.78 is 0.950. The Kier molecular flexibility index (Phi) is 4.83. The first-order valence-corrected chi connectivity index (χ1v) is 7.72. The molecule has 0 radical (unpaired) electrons. The van der Waals surface area contributed by atoms with Gasteiger partial charge in [-0.25, -0.2) is 0 Å². The van der Waals surface area contributed by atoms with E-state index >= 15 is 0 Å². The van der Waals surface area contributed by atoms with Gasteiger partial charge in [0, 0.05) is 16.9 Å². The summed E-state index contributed by atoms with van der Waals surface area (Å²) >= 11 is 3.36. The molecule has 2 rings (SSSR count). The van der Waals surface area contributed by atoms with Gasteiger partial charge in [-0.1, -0.05) is 34.5 Å². The Balaban J connectivity index is 1.98. The van der Waals surface area contributed by atoms with Crippen molar-refractivity contribution in [2.45, 2.75) is 37.8 Å². The van der Waals surface area contributed by atoms with Gasteiger partial charge in [0.25, 0.3) is 0 Å². The maximum absolute atomic E-state index is 12.3. The lowest BCUT2D eigenvalue weighted by molar-refractivity contribution is -0.126. The van der Waals surface area contributed by atoms with Crippen LogP contribution in [0.1, 0.15) is 31.7 Å². The van der Waals surface area contributed by atoms with Gasteiger partial charge in [-0.15, -0.1) is 0 Å². The summed E-state index contributed by atoms with van der Waals surface area (Å²) in [6, 6.07) is 7.42. The van der Waals surface area contributed by atoms with Gasteiger partial charge in [0.1, 0.15) is 5.54 Å². The minimum absolute atomic E-state index is 0.152. The molecule has 1 amide bonds. The van der Waals surface area contributed by atoms with E-state index in [4.69, 9.17) is 5.73 Å². The summed E-state index contributed by atoms with van der Waals surface area (Å²) in [7, 11) is 0. The van der Waals surface area contributed by atoms with Gasteiger partial charge in [0.15, 0.2) is 0 Å². The van der Waals surface area contributed by atoms with Crippen LogP contribution in [0.4, 0.5) is 0 Å².